The number of amides is 1. The first-order valence-electron chi connectivity index (χ1n) is 10.0. The third-order valence-electron chi connectivity index (χ3n) is 5.03. The summed E-state index contributed by atoms with van der Waals surface area (Å²) >= 11 is 7.67. The molecule has 5 rings (SSSR count). The van der Waals surface area contributed by atoms with Crippen LogP contribution in [0.1, 0.15) is 16.1 Å². The van der Waals surface area contributed by atoms with Crippen molar-refractivity contribution in [2.45, 2.75) is 11.4 Å². The van der Waals surface area contributed by atoms with Gasteiger partial charge in [-0.3, -0.25) is 9.20 Å². The zero-order valence-corrected chi connectivity index (χ0v) is 19.8. The molecule has 11 heteroatoms. The van der Waals surface area contributed by atoms with E-state index < -0.39 is 15.9 Å². The first-order valence-corrected chi connectivity index (χ1v) is 12.8. The van der Waals surface area contributed by atoms with Gasteiger partial charge < -0.3 is 9.73 Å². The van der Waals surface area contributed by atoms with Crippen LogP contribution in [-0.4, -0.2) is 23.7 Å². The number of thiazole rings is 1. The lowest BCUT2D eigenvalue weighted by atomic mass is 10.1. The highest BCUT2D eigenvalue weighted by Crippen LogP contribution is 2.25. The summed E-state index contributed by atoms with van der Waals surface area (Å²) < 4.78 is 35.0. The fraction of sp³-hybridized carbons (Fsp3) is 0.0435. The Bertz CT molecular complexity index is 1540. The Kier molecular flexibility index (Phi) is 5.96. The van der Waals surface area contributed by atoms with E-state index in [2.05, 4.69) is 15.0 Å². The fourth-order valence-corrected chi connectivity index (χ4v) is 5.52. The molecule has 3 aromatic heterocycles. The number of carbonyl (C=O) groups excluding carboxylic acids is 1. The van der Waals surface area contributed by atoms with E-state index in [-0.39, 0.29) is 22.0 Å². The van der Waals surface area contributed by atoms with Gasteiger partial charge in [-0.1, -0.05) is 23.7 Å². The average molecular weight is 513 g/mol. The molecule has 0 saturated carbocycles. The molecule has 172 valence electrons. The van der Waals surface area contributed by atoms with E-state index in [1.165, 1.54) is 24.5 Å². The number of furan rings is 1. The maximum Gasteiger partial charge on any atom is 0.255 e. The SMILES string of the molecule is O=C(Nc1ccc(-c2cn3ccsc3n2)cc1)c1ccc(Cl)c(S(=O)(=O)NCc2ccco2)c1. The molecule has 0 spiro atoms. The molecular weight excluding hydrogens is 496 g/mol. The van der Waals surface area contributed by atoms with Gasteiger partial charge in [0.1, 0.15) is 10.7 Å². The molecule has 0 bridgehead atoms. The number of anilines is 1. The van der Waals surface area contributed by atoms with Crippen molar-refractivity contribution in [2.24, 2.45) is 0 Å². The highest BCUT2D eigenvalue weighted by Gasteiger charge is 2.20. The van der Waals surface area contributed by atoms with Crippen LogP contribution in [0.5, 0.6) is 0 Å². The summed E-state index contributed by atoms with van der Waals surface area (Å²) in [7, 11) is -3.97. The van der Waals surface area contributed by atoms with Crippen LogP contribution in [-0.2, 0) is 16.6 Å². The fourth-order valence-electron chi connectivity index (χ4n) is 3.30. The van der Waals surface area contributed by atoms with Gasteiger partial charge in [-0.2, -0.15) is 0 Å². The van der Waals surface area contributed by atoms with Crippen LogP contribution in [0, 0.1) is 0 Å². The van der Waals surface area contributed by atoms with Crippen molar-refractivity contribution in [3.8, 4) is 11.3 Å². The molecule has 0 aliphatic heterocycles. The number of nitrogens with zero attached hydrogens (tertiary/aromatic N) is 2. The van der Waals surface area contributed by atoms with Gasteiger partial charge in [0.05, 0.1) is 23.5 Å². The minimum atomic E-state index is -3.97. The summed E-state index contributed by atoms with van der Waals surface area (Å²) in [5, 5.41) is 4.75. The van der Waals surface area contributed by atoms with E-state index in [0.29, 0.717) is 11.4 Å². The van der Waals surface area contributed by atoms with Crippen LogP contribution in [0.4, 0.5) is 5.69 Å². The number of sulfonamides is 1. The Morgan fingerprint density at radius 1 is 1.15 bits per heavy atom. The largest absolute Gasteiger partial charge is 0.468 e. The van der Waals surface area contributed by atoms with Crippen molar-refractivity contribution in [3.63, 3.8) is 0 Å². The van der Waals surface area contributed by atoms with Crippen molar-refractivity contribution in [1.82, 2.24) is 14.1 Å². The molecule has 2 aromatic carbocycles. The summed E-state index contributed by atoms with van der Waals surface area (Å²) in [6.45, 7) is -0.0385. The second-order valence-corrected chi connectivity index (χ2v) is 10.3. The Labute approximate surface area is 203 Å². The lowest BCUT2D eigenvalue weighted by Gasteiger charge is -2.10. The maximum atomic E-state index is 12.8. The summed E-state index contributed by atoms with van der Waals surface area (Å²) in [6, 6.07) is 14.6. The van der Waals surface area contributed by atoms with Gasteiger partial charge in [-0.05, 0) is 42.5 Å². The van der Waals surface area contributed by atoms with Crippen molar-refractivity contribution < 1.29 is 17.6 Å². The van der Waals surface area contributed by atoms with Gasteiger partial charge in [0.25, 0.3) is 5.91 Å². The number of benzene rings is 2. The zero-order chi connectivity index (χ0) is 23.7. The van der Waals surface area contributed by atoms with Gasteiger partial charge in [0, 0.05) is 34.6 Å². The highest BCUT2D eigenvalue weighted by molar-refractivity contribution is 7.89. The van der Waals surface area contributed by atoms with Crippen molar-refractivity contribution in [1.29, 1.82) is 0 Å². The van der Waals surface area contributed by atoms with Crippen LogP contribution in [0.2, 0.25) is 5.02 Å². The molecule has 0 radical (unpaired) electrons. The predicted molar refractivity (Wildman–Crippen MR) is 131 cm³/mol. The monoisotopic (exact) mass is 512 g/mol. The molecule has 5 aromatic rings. The Hall–Kier alpha value is -3.44. The molecule has 0 atom stereocenters. The molecule has 0 aliphatic carbocycles. The van der Waals surface area contributed by atoms with Gasteiger partial charge in [0.15, 0.2) is 4.96 Å². The van der Waals surface area contributed by atoms with Crippen LogP contribution in [0.15, 0.2) is 87.9 Å². The zero-order valence-electron chi connectivity index (χ0n) is 17.4. The van der Waals surface area contributed by atoms with E-state index in [9.17, 15) is 13.2 Å². The van der Waals surface area contributed by atoms with Gasteiger partial charge in [-0.25, -0.2) is 18.1 Å². The topological polar surface area (TPSA) is 106 Å². The molecule has 8 nitrogen and oxygen atoms in total. The summed E-state index contributed by atoms with van der Waals surface area (Å²) in [6.07, 6.45) is 5.33. The number of imidazole rings is 1. The predicted octanol–water partition coefficient (Wildman–Crippen LogP) is 5.04. The van der Waals surface area contributed by atoms with Crippen LogP contribution < -0.4 is 10.0 Å². The minimum Gasteiger partial charge on any atom is -0.468 e. The molecule has 0 aliphatic rings. The van der Waals surface area contributed by atoms with E-state index in [1.807, 2.05) is 34.3 Å². The Morgan fingerprint density at radius 2 is 1.97 bits per heavy atom. The molecular formula is C23H17ClN4O4S2. The van der Waals surface area contributed by atoms with E-state index >= 15 is 0 Å². The van der Waals surface area contributed by atoms with Gasteiger partial charge in [-0.15, -0.1) is 11.3 Å². The summed E-state index contributed by atoms with van der Waals surface area (Å²) in [5.74, 6) is -0.0122. The maximum absolute atomic E-state index is 12.8. The van der Waals surface area contributed by atoms with Crippen molar-refractivity contribution in [2.75, 3.05) is 5.32 Å². The molecule has 1 amide bonds. The molecule has 34 heavy (non-hydrogen) atoms. The van der Waals surface area contributed by atoms with Crippen molar-refractivity contribution in [3.05, 3.63) is 95.0 Å². The van der Waals surface area contributed by atoms with Crippen molar-refractivity contribution >= 4 is 49.5 Å². The number of hydrogen-bond acceptors (Lipinski definition) is 6. The number of nitrogens with one attached hydrogen (secondary N) is 2. The Morgan fingerprint density at radius 3 is 2.71 bits per heavy atom. The first-order chi connectivity index (χ1) is 16.4. The number of fused-ring (bicyclic) bond motifs is 1. The molecule has 0 saturated heterocycles. The summed E-state index contributed by atoms with van der Waals surface area (Å²) in [5.41, 5.74) is 2.46. The number of hydrogen-bond donors (Lipinski definition) is 2. The Balaban J connectivity index is 1.31. The standard InChI is InChI=1S/C23H17ClN4O4S2/c24-19-8-5-16(12-21(19)34(30,31)25-13-18-2-1-10-32-18)22(29)26-17-6-3-15(4-7-17)20-14-28-9-11-33-23(28)27-20/h1-12,14,25H,13H2,(H,26,29). The quantitative estimate of drug-likeness (QED) is 0.318. The number of aromatic nitrogens is 2. The first kappa shape index (κ1) is 22.4. The van der Waals surface area contributed by atoms with E-state index in [0.717, 1.165) is 16.2 Å². The van der Waals surface area contributed by atoms with Crippen LogP contribution >= 0.6 is 22.9 Å². The van der Waals surface area contributed by atoms with E-state index in [1.54, 1.807) is 35.6 Å². The normalized spacial score (nSPS) is 11.7. The van der Waals surface area contributed by atoms with Crippen LogP contribution in [0.3, 0.4) is 0 Å². The number of rotatable bonds is 7. The lowest BCUT2D eigenvalue weighted by molar-refractivity contribution is 0.102. The van der Waals surface area contributed by atoms with Crippen LogP contribution in [0.25, 0.3) is 16.2 Å². The average Bonchev–Trinajstić information content (AvgIpc) is 3.56. The molecule has 0 fully saturated rings. The lowest BCUT2D eigenvalue weighted by Crippen LogP contribution is -2.24. The second kappa shape index (κ2) is 9.07. The molecule has 3 heterocycles. The highest BCUT2D eigenvalue weighted by atomic mass is 35.5. The van der Waals surface area contributed by atoms with E-state index in [4.69, 9.17) is 16.0 Å². The third-order valence-corrected chi connectivity index (χ3v) is 7.68. The van der Waals surface area contributed by atoms with Gasteiger partial charge >= 0.3 is 0 Å². The minimum absolute atomic E-state index is 0.00724. The molecule has 2 N–H and O–H groups in total. The number of carbonyl (C=O) groups is 1. The number of halogens is 1. The smallest absolute Gasteiger partial charge is 0.255 e. The van der Waals surface area contributed by atoms with Gasteiger partial charge in [0.2, 0.25) is 10.0 Å². The summed E-state index contributed by atoms with van der Waals surface area (Å²) in [4.78, 5) is 18.1. The third kappa shape index (κ3) is 4.62. The molecule has 0 unspecified atom stereocenters. The second-order valence-electron chi connectivity index (χ2n) is 7.30.